The monoisotopic (exact) mass is 224 g/mol. The van der Waals surface area contributed by atoms with Gasteiger partial charge in [0.25, 0.3) is 0 Å². The fraction of sp³-hybridized carbons (Fsp3) is 0.312. The Morgan fingerprint density at radius 1 is 1.12 bits per heavy atom. The Morgan fingerprint density at radius 2 is 1.88 bits per heavy atom. The third-order valence-electron chi connectivity index (χ3n) is 3.86. The molecule has 0 N–H and O–H groups in total. The van der Waals surface area contributed by atoms with E-state index in [1.807, 2.05) is 19.1 Å². The highest BCUT2D eigenvalue weighted by Crippen LogP contribution is 2.33. The quantitative estimate of drug-likeness (QED) is 0.701. The molecule has 0 unspecified atom stereocenters. The molecule has 1 heteroatoms. The van der Waals surface area contributed by atoms with E-state index in [0.717, 1.165) is 29.4 Å². The molecule has 2 aromatic rings. The second kappa shape index (κ2) is 3.99. The molecule has 2 aromatic carbocycles. The Bertz CT molecular complexity index is 579. The molecule has 1 nitrogen and oxygen atoms in total. The van der Waals surface area contributed by atoms with Gasteiger partial charge < -0.3 is 0 Å². The molecule has 1 aliphatic rings. The molecule has 0 heterocycles. The molecule has 0 atom stereocenters. The van der Waals surface area contributed by atoms with E-state index in [1.165, 1.54) is 11.8 Å². The molecule has 1 aliphatic carbocycles. The first-order chi connectivity index (χ1) is 8.27. The lowest BCUT2D eigenvalue weighted by Crippen LogP contribution is -2.22. The second-order valence-corrected chi connectivity index (χ2v) is 4.97. The van der Waals surface area contributed by atoms with Crippen LogP contribution in [0.2, 0.25) is 0 Å². The van der Waals surface area contributed by atoms with Crippen LogP contribution in [0.1, 0.15) is 35.2 Å². The van der Waals surface area contributed by atoms with E-state index >= 15 is 0 Å². The van der Waals surface area contributed by atoms with E-state index in [9.17, 15) is 4.79 Å². The zero-order valence-corrected chi connectivity index (χ0v) is 10.1. The third-order valence-corrected chi connectivity index (χ3v) is 3.86. The predicted molar refractivity (Wildman–Crippen MR) is 70.4 cm³/mol. The van der Waals surface area contributed by atoms with E-state index < -0.39 is 0 Å². The molecule has 1 saturated carbocycles. The van der Waals surface area contributed by atoms with Crippen LogP contribution in [0.15, 0.2) is 36.4 Å². The summed E-state index contributed by atoms with van der Waals surface area (Å²) in [6, 6.07) is 12.3. The van der Waals surface area contributed by atoms with Crippen LogP contribution in [0.3, 0.4) is 0 Å². The van der Waals surface area contributed by atoms with Crippen molar-refractivity contribution >= 4 is 16.6 Å². The van der Waals surface area contributed by atoms with Crippen LogP contribution in [0.25, 0.3) is 10.8 Å². The molecule has 0 aliphatic heterocycles. The van der Waals surface area contributed by atoms with E-state index in [-0.39, 0.29) is 5.92 Å². The largest absolute Gasteiger partial charge is 0.294 e. The summed E-state index contributed by atoms with van der Waals surface area (Å²) in [5.74, 6) is 0.630. The number of ketones is 1. The van der Waals surface area contributed by atoms with Gasteiger partial charge in [-0.05, 0) is 36.1 Å². The molecular formula is C16H16O. The van der Waals surface area contributed by atoms with Gasteiger partial charge in [0.2, 0.25) is 0 Å². The number of hydrogen-bond donors (Lipinski definition) is 0. The van der Waals surface area contributed by atoms with Crippen molar-refractivity contribution in [2.45, 2.75) is 26.2 Å². The highest BCUT2D eigenvalue weighted by Gasteiger charge is 2.28. The van der Waals surface area contributed by atoms with Crippen molar-refractivity contribution < 1.29 is 4.79 Å². The number of hydrogen-bond acceptors (Lipinski definition) is 1. The van der Waals surface area contributed by atoms with Gasteiger partial charge in [-0.25, -0.2) is 0 Å². The van der Waals surface area contributed by atoms with Crippen LogP contribution in [0.4, 0.5) is 0 Å². The fourth-order valence-corrected chi connectivity index (χ4v) is 2.58. The fourth-order valence-electron chi connectivity index (χ4n) is 2.58. The predicted octanol–water partition coefficient (Wildman–Crippen LogP) is 4.13. The van der Waals surface area contributed by atoms with Gasteiger partial charge in [-0.2, -0.15) is 0 Å². The first-order valence-electron chi connectivity index (χ1n) is 6.30. The normalized spacial score (nSPS) is 15.8. The van der Waals surface area contributed by atoms with Crippen LogP contribution in [-0.2, 0) is 0 Å². The standard InChI is InChI=1S/C16H16O/c1-11-9-10-12-5-2-3-8-14(12)15(11)16(17)13-6-4-7-13/h2-3,5,8-10,13H,4,6-7H2,1H3. The van der Waals surface area contributed by atoms with Gasteiger partial charge in [0.15, 0.2) is 5.78 Å². The summed E-state index contributed by atoms with van der Waals surface area (Å²) in [5, 5.41) is 2.28. The maximum absolute atomic E-state index is 12.5. The highest BCUT2D eigenvalue weighted by molar-refractivity contribution is 6.10. The van der Waals surface area contributed by atoms with Crippen molar-refractivity contribution in [1.29, 1.82) is 0 Å². The molecule has 17 heavy (non-hydrogen) atoms. The van der Waals surface area contributed by atoms with Gasteiger partial charge in [-0.1, -0.05) is 42.8 Å². The van der Waals surface area contributed by atoms with Gasteiger partial charge in [-0.15, -0.1) is 0 Å². The van der Waals surface area contributed by atoms with Crippen molar-refractivity contribution in [2.24, 2.45) is 5.92 Å². The molecule has 0 saturated heterocycles. The SMILES string of the molecule is Cc1ccc2ccccc2c1C(=O)C1CCC1. The van der Waals surface area contributed by atoms with Gasteiger partial charge >= 0.3 is 0 Å². The summed E-state index contributed by atoms with van der Waals surface area (Å²) < 4.78 is 0. The van der Waals surface area contributed by atoms with Crippen LogP contribution in [0, 0.1) is 12.8 Å². The van der Waals surface area contributed by atoms with Crippen LogP contribution < -0.4 is 0 Å². The zero-order valence-electron chi connectivity index (χ0n) is 10.1. The van der Waals surface area contributed by atoms with Crippen LogP contribution in [-0.4, -0.2) is 5.78 Å². The summed E-state index contributed by atoms with van der Waals surface area (Å²) in [5.41, 5.74) is 2.06. The first-order valence-corrected chi connectivity index (χ1v) is 6.30. The van der Waals surface area contributed by atoms with Gasteiger partial charge in [0.05, 0.1) is 0 Å². The number of carbonyl (C=O) groups is 1. The van der Waals surface area contributed by atoms with E-state index in [0.29, 0.717) is 5.78 Å². The molecule has 86 valence electrons. The highest BCUT2D eigenvalue weighted by atomic mass is 16.1. The number of aryl methyl sites for hydroxylation is 1. The number of carbonyl (C=O) groups excluding carboxylic acids is 1. The minimum atomic E-state index is 0.277. The van der Waals surface area contributed by atoms with Crippen LogP contribution >= 0.6 is 0 Å². The second-order valence-electron chi connectivity index (χ2n) is 4.97. The third kappa shape index (κ3) is 1.66. The first kappa shape index (κ1) is 10.5. The summed E-state index contributed by atoms with van der Waals surface area (Å²) in [6.45, 7) is 2.04. The number of Topliss-reactive ketones (excluding diaryl/α,β-unsaturated/α-hetero) is 1. The average Bonchev–Trinajstić information content (AvgIpc) is 2.26. The van der Waals surface area contributed by atoms with Crippen molar-refractivity contribution in [1.82, 2.24) is 0 Å². The Labute approximate surface area is 101 Å². The number of rotatable bonds is 2. The Balaban J connectivity index is 2.19. The molecule has 0 bridgehead atoms. The Morgan fingerprint density at radius 3 is 2.59 bits per heavy atom. The number of benzene rings is 2. The minimum absolute atomic E-state index is 0.277. The lowest BCUT2D eigenvalue weighted by atomic mass is 9.78. The lowest BCUT2D eigenvalue weighted by Gasteiger charge is -2.25. The Kier molecular flexibility index (Phi) is 2.47. The minimum Gasteiger partial charge on any atom is -0.294 e. The zero-order chi connectivity index (χ0) is 11.8. The lowest BCUT2D eigenvalue weighted by molar-refractivity contribution is 0.0856. The molecule has 0 aromatic heterocycles. The molecule has 0 radical (unpaired) electrons. The molecule has 3 rings (SSSR count). The smallest absolute Gasteiger partial charge is 0.166 e. The van der Waals surface area contributed by atoms with Gasteiger partial charge in [0, 0.05) is 11.5 Å². The topological polar surface area (TPSA) is 17.1 Å². The number of fused-ring (bicyclic) bond motifs is 1. The average molecular weight is 224 g/mol. The molecular weight excluding hydrogens is 208 g/mol. The van der Waals surface area contributed by atoms with Crippen molar-refractivity contribution in [2.75, 3.05) is 0 Å². The molecule has 0 amide bonds. The Hall–Kier alpha value is -1.63. The summed E-state index contributed by atoms with van der Waals surface area (Å²) in [6.07, 6.45) is 3.35. The molecule has 0 spiro atoms. The maximum Gasteiger partial charge on any atom is 0.166 e. The van der Waals surface area contributed by atoms with E-state index in [2.05, 4.69) is 24.3 Å². The van der Waals surface area contributed by atoms with E-state index in [4.69, 9.17) is 0 Å². The van der Waals surface area contributed by atoms with E-state index in [1.54, 1.807) is 0 Å². The summed E-state index contributed by atoms with van der Waals surface area (Å²) >= 11 is 0. The van der Waals surface area contributed by atoms with Crippen molar-refractivity contribution in [3.05, 3.63) is 47.5 Å². The van der Waals surface area contributed by atoms with Gasteiger partial charge in [0.1, 0.15) is 0 Å². The van der Waals surface area contributed by atoms with Gasteiger partial charge in [-0.3, -0.25) is 4.79 Å². The summed E-state index contributed by atoms with van der Waals surface area (Å²) in [7, 11) is 0. The molecule has 1 fully saturated rings. The van der Waals surface area contributed by atoms with Crippen molar-refractivity contribution in [3.8, 4) is 0 Å². The maximum atomic E-state index is 12.5. The summed E-state index contributed by atoms with van der Waals surface area (Å²) in [4.78, 5) is 12.5. The van der Waals surface area contributed by atoms with Crippen molar-refractivity contribution in [3.63, 3.8) is 0 Å². The van der Waals surface area contributed by atoms with Crippen LogP contribution in [0.5, 0.6) is 0 Å².